The number of ether oxygens (including phenoxy) is 1. The number of hydrogen-bond donors (Lipinski definition) is 12. The molecule has 0 spiro atoms. The number of aromatic nitrogens is 8. The molecule has 12 heterocycles. The van der Waals surface area contributed by atoms with Gasteiger partial charge in [-0.1, -0.05) is 38.5 Å². The Hall–Kier alpha value is -11.2. The Balaban J connectivity index is 0.000000164. The zero-order valence-electron chi connectivity index (χ0n) is 85.6. The van der Waals surface area contributed by atoms with Crippen molar-refractivity contribution in [2.45, 2.75) is 309 Å². The van der Waals surface area contributed by atoms with Crippen LogP contribution in [0.15, 0.2) is 43.0 Å². The average molecular weight is 2120 g/mol. The number of piperidine rings is 4. The molecule has 4 aliphatic heterocycles. The summed E-state index contributed by atoms with van der Waals surface area (Å²) in [5, 5.41) is 74.3. The van der Waals surface area contributed by atoms with E-state index >= 15 is 0 Å². The number of hydrogen-bond acceptors (Lipinski definition) is 30. The smallest absolute Gasteiger partial charge is 0.387 e. The van der Waals surface area contributed by atoms with E-state index in [1.54, 1.807) is 81.8 Å². The summed E-state index contributed by atoms with van der Waals surface area (Å²) in [6.45, 7) is 21.7. The molecular formula is C103H137F6N21O13S4. The SMILES string of the molecule is CC(C)(O)CNC(=O)c1nc(C(=O)N2CCC(F)CC2)c(-c2cnc(NC3CCCCC3)c(OC(F)F)c2)s1.Cc1c(-c2sc(C(=O)NCC(C)(C)O)nc2C(=O)N2CCC(F)CC2)cnc(NC2CCCCC2)c1C#N.Cc1cc(N[C@@H](C)C2CC2)ncc1-c1sc(C(=O)NCC(C)(C)O)nc1C(=O)N1CCC(F)CC1.Cc1cc(N[C@H](C)C2CC2)ncc1-c1sc(C(=O)NCC(C)(C)O)nc1C(=O)N1CCC(F)CC1. The second kappa shape index (κ2) is 49.9. The van der Waals surface area contributed by atoms with Crippen LogP contribution in [0.4, 0.5) is 49.6 Å². The number of nitrogens with one attached hydrogen (secondary N) is 8. The standard InChI is InChI=1S/C27H35FN6O3S.C26H34F3N5O4S.2C25H34FN5O3S/c1-16-19(13-29)23(32-18-7-5-4-6-8-18)30-14-20(16)22-21(26(36)34-11-9-17(28)10-12-34)33-25(38-22)24(35)31-15-27(2,3)37;1-26(2,37)14-31-22(35)23-33-19(24(36)34-10-8-16(27)9-11-34)20(39-23)15-12-18(38-25(28)29)21(30-13-15)32-17-6-4-3-5-7-17;2*1-14-11-19(29-15(2)16-5-6-16)27-12-18(14)21-20(24(33)31-9-7-17(26)8-10-31)30-23(35-21)22(32)28-13-25(3,4)34/h14,17-18,37H,4-12,15H2,1-3H3,(H,30,32)(H,31,35);12-13,16-17,25,37H,3-11,14H2,1-2H3,(H,30,32)(H,31,35);2*11-12,15-17,34H,5-10,13H2,1-4H3,(H,27,29)(H,28,32)/t;;2*15-/m..10/s1. The Morgan fingerprint density at radius 2 is 0.707 bits per heavy atom. The largest absolute Gasteiger partial charge is 0.431 e. The van der Waals surface area contributed by atoms with Crippen molar-refractivity contribution in [2.24, 2.45) is 11.8 Å². The first kappa shape index (κ1) is 113. The summed E-state index contributed by atoms with van der Waals surface area (Å²) in [5.41, 5.74) is 1.11. The molecule has 798 valence electrons. The van der Waals surface area contributed by atoms with Crippen molar-refractivity contribution in [1.29, 1.82) is 5.26 Å². The van der Waals surface area contributed by atoms with Crippen LogP contribution in [0.2, 0.25) is 0 Å². The summed E-state index contributed by atoms with van der Waals surface area (Å²) in [6.07, 6.45) is 20.3. The van der Waals surface area contributed by atoms with Gasteiger partial charge in [0, 0.05) is 150 Å². The predicted octanol–water partition coefficient (Wildman–Crippen LogP) is 16.4. The molecule has 8 aromatic heterocycles. The predicted molar refractivity (Wildman–Crippen MR) is 554 cm³/mol. The molecule has 0 radical (unpaired) electrons. The van der Waals surface area contributed by atoms with Crippen LogP contribution in [0.5, 0.6) is 5.75 Å². The highest BCUT2D eigenvalue weighted by Gasteiger charge is 2.39. The number of aryl methyl sites for hydroxylation is 2. The quantitative estimate of drug-likeness (QED) is 0.0174. The van der Waals surface area contributed by atoms with Crippen molar-refractivity contribution in [2.75, 3.05) is 99.8 Å². The number of alkyl halides is 6. The van der Waals surface area contributed by atoms with Crippen molar-refractivity contribution >= 4 is 116 Å². The summed E-state index contributed by atoms with van der Waals surface area (Å²) in [7, 11) is 0. The number of likely N-dealkylation sites (tertiary alicyclic amines) is 4. The maximum Gasteiger partial charge on any atom is 0.387 e. The van der Waals surface area contributed by atoms with Crippen LogP contribution in [-0.2, 0) is 0 Å². The van der Waals surface area contributed by atoms with Crippen LogP contribution in [0, 0.1) is 43.9 Å². The fourth-order valence-electron chi connectivity index (χ4n) is 17.7. The molecule has 8 aromatic rings. The topological polar surface area (TPSA) is 463 Å². The normalized spacial score (nSPS) is 17.5. The van der Waals surface area contributed by atoms with E-state index in [-0.39, 0.29) is 173 Å². The first-order valence-electron chi connectivity index (χ1n) is 50.7. The monoisotopic (exact) mass is 2120 g/mol. The minimum Gasteiger partial charge on any atom is -0.431 e. The highest BCUT2D eigenvalue weighted by molar-refractivity contribution is 7.18. The van der Waals surface area contributed by atoms with Crippen molar-refractivity contribution in [1.82, 2.24) is 80.7 Å². The minimum atomic E-state index is -3.10. The lowest BCUT2D eigenvalue weighted by molar-refractivity contribution is -0.0496. The van der Waals surface area contributed by atoms with E-state index in [2.05, 4.69) is 102 Å². The van der Waals surface area contributed by atoms with Crippen molar-refractivity contribution in [3.8, 4) is 53.6 Å². The molecule has 4 saturated heterocycles. The van der Waals surface area contributed by atoms with Crippen LogP contribution >= 0.6 is 45.3 Å². The molecule has 0 aromatic carbocycles. The second-order valence-electron chi connectivity index (χ2n) is 42.0. The van der Waals surface area contributed by atoms with Gasteiger partial charge in [0.1, 0.15) is 71.0 Å². The lowest BCUT2D eigenvalue weighted by Crippen LogP contribution is -2.39. The van der Waals surface area contributed by atoms with Gasteiger partial charge in [-0.25, -0.2) is 57.4 Å². The molecule has 8 aliphatic rings. The Morgan fingerprint density at radius 3 is 1.01 bits per heavy atom. The van der Waals surface area contributed by atoms with E-state index in [1.165, 1.54) is 63.1 Å². The lowest BCUT2D eigenvalue weighted by atomic mass is 9.95. The Morgan fingerprint density at radius 1 is 0.415 bits per heavy atom. The van der Waals surface area contributed by atoms with E-state index in [0.29, 0.717) is 113 Å². The van der Waals surface area contributed by atoms with Crippen LogP contribution in [0.25, 0.3) is 41.8 Å². The molecule has 4 saturated carbocycles. The summed E-state index contributed by atoms with van der Waals surface area (Å²) in [4.78, 5) is 149. The van der Waals surface area contributed by atoms with E-state index in [1.807, 2.05) is 26.0 Å². The zero-order chi connectivity index (χ0) is 106. The number of amides is 8. The number of aliphatic hydroxyl groups is 4. The van der Waals surface area contributed by atoms with Crippen LogP contribution in [-0.4, -0.2) is 284 Å². The highest BCUT2D eigenvalue weighted by atomic mass is 32.1. The number of nitriles is 1. The lowest BCUT2D eigenvalue weighted by Gasteiger charge is -2.28. The Kier molecular flexibility index (Phi) is 38.4. The van der Waals surface area contributed by atoms with E-state index in [4.69, 9.17) is 4.74 Å². The molecule has 16 rings (SSSR count). The number of carbonyl (C=O) groups is 8. The van der Waals surface area contributed by atoms with Gasteiger partial charge in [-0.15, -0.1) is 45.3 Å². The number of carbonyl (C=O) groups excluding carboxylic acids is 8. The number of rotatable bonds is 32. The third-order valence-corrected chi connectivity index (χ3v) is 31.1. The van der Waals surface area contributed by atoms with Crippen molar-refractivity contribution in [3.63, 3.8) is 0 Å². The number of pyridine rings is 4. The molecular weight excluding hydrogens is 1980 g/mol. The molecule has 8 amide bonds. The van der Waals surface area contributed by atoms with E-state index in [0.717, 1.165) is 137 Å². The summed E-state index contributed by atoms with van der Waals surface area (Å²) in [5.74, 6) is -0.0870. The molecule has 0 bridgehead atoms. The average Bonchev–Trinajstić information content (AvgIpc) is 1.65. The van der Waals surface area contributed by atoms with Gasteiger partial charge in [-0.05, 0) is 239 Å². The van der Waals surface area contributed by atoms with Crippen molar-refractivity contribution in [3.05, 3.63) is 108 Å². The highest BCUT2D eigenvalue weighted by Crippen LogP contribution is 2.44. The van der Waals surface area contributed by atoms with Gasteiger partial charge >= 0.3 is 6.61 Å². The van der Waals surface area contributed by atoms with Gasteiger partial charge in [0.2, 0.25) is 0 Å². The molecule has 12 N–H and O–H groups in total. The van der Waals surface area contributed by atoms with Gasteiger partial charge in [0.05, 0.1) is 47.5 Å². The van der Waals surface area contributed by atoms with Crippen molar-refractivity contribution < 1.29 is 89.9 Å². The second-order valence-corrected chi connectivity index (χ2v) is 46.0. The molecule has 8 fully saturated rings. The summed E-state index contributed by atoms with van der Waals surface area (Å²) < 4.78 is 86.2. The maximum absolute atomic E-state index is 13.7. The van der Waals surface area contributed by atoms with Gasteiger partial charge in [-0.3, -0.25) is 38.4 Å². The van der Waals surface area contributed by atoms with Gasteiger partial charge in [0.25, 0.3) is 47.3 Å². The third-order valence-electron chi connectivity index (χ3n) is 26.7. The number of thiazole rings is 4. The van der Waals surface area contributed by atoms with E-state index < -0.39 is 83.2 Å². The van der Waals surface area contributed by atoms with Crippen LogP contribution < -0.4 is 47.3 Å². The summed E-state index contributed by atoms with van der Waals surface area (Å²) >= 11 is 4.20. The van der Waals surface area contributed by atoms with Gasteiger partial charge < -0.3 is 87.3 Å². The van der Waals surface area contributed by atoms with E-state index in [9.17, 15) is 90.4 Å². The van der Waals surface area contributed by atoms with Crippen LogP contribution in [0.3, 0.4) is 0 Å². The fourth-order valence-corrected chi connectivity index (χ4v) is 21.8. The van der Waals surface area contributed by atoms with Gasteiger partial charge in [-0.2, -0.15) is 14.0 Å². The first-order chi connectivity index (χ1) is 69.6. The molecule has 4 aliphatic carbocycles. The molecule has 34 nitrogen and oxygen atoms in total. The zero-order valence-corrected chi connectivity index (χ0v) is 88.9. The minimum absolute atomic E-state index is 0.00867. The first-order valence-corrected chi connectivity index (χ1v) is 54.0. The fraction of sp³-hybridized carbons (Fsp3) is 0.602. The molecule has 147 heavy (non-hydrogen) atoms. The number of nitrogens with zero attached hydrogens (tertiary/aromatic N) is 13. The maximum atomic E-state index is 13.7. The molecule has 44 heteroatoms. The molecule has 0 unspecified atom stereocenters. The van der Waals surface area contributed by atoms with Gasteiger partial charge in [0.15, 0.2) is 31.6 Å². The number of halogens is 6. The number of anilines is 4. The Labute approximate surface area is 868 Å². The Bertz CT molecular complexity index is 5810. The molecule has 2 atom stereocenters. The summed E-state index contributed by atoms with van der Waals surface area (Å²) in [6, 6.07) is 8.56. The third kappa shape index (κ3) is 31.9. The van der Waals surface area contributed by atoms with Crippen LogP contribution in [0.1, 0.15) is 314 Å².